The van der Waals surface area contributed by atoms with Crippen LogP contribution in [0.5, 0.6) is 0 Å². The molecule has 7 unspecified atom stereocenters. The van der Waals surface area contributed by atoms with Crippen LogP contribution in [0, 0.1) is 94.2 Å². The maximum Gasteiger partial charge on any atom is 0.0772 e. The second-order valence-corrected chi connectivity index (χ2v) is 21.3. The Morgan fingerprint density at radius 3 is 2.29 bits per heavy atom. The van der Waals surface area contributed by atoms with Crippen molar-refractivity contribution in [2.45, 2.75) is 158 Å². The number of rotatable bonds is 3. The first-order valence-corrected chi connectivity index (χ1v) is 21.9. The number of aliphatic hydroxyl groups is 1. The molecule has 9 aliphatic carbocycles. The maximum absolute atomic E-state index is 11.1. The molecule has 4 bridgehead atoms. The molecule has 3 saturated heterocycles. The smallest absolute Gasteiger partial charge is 0.0772 e. The molecule has 0 aromatic rings. The fourth-order valence-electron chi connectivity index (χ4n) is 19.3. The first kappa shape index (κ1) is 31.3. The number of nitrogens with two attached hydrogens (primary N) is 2. The van der Waals surface area contributed by atoms with Crippen molar-refractivity contribution < 1.29 is 9.84 Å². The average molecular weight is 660 g/mol. The first-order chi connectivity index (χ1) is 23.3. The molecule has 18 atom stereocenters. The zero-order chi connectivity index (χ0) is 32.2. The van der Waals surface area contributed by atoms with Crippen LogP contribution in [0.4, 0.5) is 0 Å². The summed E-state index contributed by atoms with van der Waals surface area (Å²) in [6.07, 6.45) is 27.9. The highest BCUT2D eigenvalue weighted by Gasteiger charge is 2.81. The number of piperidine rings is 1. The van der Waals surface area contributed by atoms with Crippen molar-refractivity contribution in [3.8, 4) is 0 Å². The molecule has 0 aromatic heterocycles. The summed E-state index contributed by atoms with van der Waals surface area (Å²) < 4.78 is 8.37. The maximum atomic E-state index is 11.1. The monoisotopic (exact) mass is 660 g/mol. The van der Waals surface area contributed by atoms with E-state index in [0.717, 1.165) is 79.1 Å². The lowest BCUT2D eigenvalue weighted by Crippen LogP contribution is -2.86. The summed E-state index contributed by atoms with van der Waals surface area (Å²) >= 11 is 0. The summed E-state index contributed by atoms with van der Waals surface area (Å²) in [4.78, 5) is 0. The van der Waals surface area contributed by atoms with Crippen molar-refractivity contribution in [3.05, 3.63) is 0 Å². The highest BCUT2D eigenvalue weighted by molar-refractivity contribution is 5.31. The molecule has 12 fully saturated rings. The van der Waals surface area contributed by atoms with Gasteiger partial charge in [-0.05, 0) is 186 Å². The molecule has 0 radical (unpaired) electrons. The fourth-order valence-corrected chi connectivity index (χ4v) is 19.3. The van der Waals surface area contributed by atoms with Gasteiger partial charge in [-0.25, -0.2) is 0 Å². The first-order valence-electron chi connectivity index (χ1n) is 21.9. The molecule has 12 aliphatic rings. The van der Waals surface area contributed by atoms with E-state index in [0.29, 0.717) is 35.0 Å². The van der Waals surface area contributed by atoms with Crippen LogP contribution in [0.15, 0.2) is 0 Å². The van der Waals surface area contributed by atoms with Crippen LogP contribution in [0.25, 0.3) is 0 Å². The normalized spacial score (nSPS) is 60.9. The van der Waals surface area contributed by atoms with Crippen molar-refractivity contribution in [1.82, 2.24) is 5.32 Å². The van der Waals surface area contributed by atoms with E-state index in [1.54, 1.807) is 0 Å². The molecule has 0 amide bonds. The van der Waals surface area contributed by atoms with Crippen LogP contribution >= 0.6 is 0 Å². The quantitative estimate of drug-likeness (QED) is 0.256. The molecule has 5 nitrogen and oxygen atoms in total. The number of fused-ring (bicyclic) bond motifs is 1. The Kier molecular flexibility index (Phi) is 6.98. The van der Waals surface area contributed by atoms with E-state index >= 15 is 0 Å². The predicted octanol–water partition coefficient (Wildman–Crippen LogP) is 7.25. The lowest BCUT2D eigenvalue weighted by atomic mass is 9.29. The minimum Gasteiger partial charge on any atom is -0.396 e. The molecule has 48 heavy (non-hydrogen) atoms. The molecular weight excluding hydrogens is 590 g/mol. The van der Waals surface area contributed by atoms with Gasteiger partial charge in [-0.2, -0.15) is 0 Å². The van der Waals surface area contributed by atoms with Crippen LogP contribution < -0.4 is 16.8 Å². The topological polar surface area (TPSA) is 93.5 Å². The Morgan fingerprint density at radius 2 is 1.52 bits per heavy atom. The molecule has 3 aliphatic heterocycles. The van der Waals surface area contributed by atoms with Crippen LogP contribution in [-0.2, 0) is 4.74 Å². The fraction of sp³-hybridized carbons (Fsp3) is 1.00. The van der Waals surface area contributed by atoms with Gasteiger partial charge in [0.15, 0.2) is 0 Å². The zero-order valence-electron chi connectivity index (χ0n) is 30.3. The average Bonchev–Trinajstić information content (AvgIpc) is 3.79. The minimum absolute atomic E-state index is 0.0779. The Bertz CT molecular complexity index is 1270. The van der Waals surface area contributed by atoms with E-state index in [1.807, 2.05) is 0 Å². The number of nitrogens with one attached hydrogen (secondary N) is 1. The van der Waals surface area contributed by atoms with E-state index in [2.05, 4.69) is 12.2 Å². The molecule has 2 spiro atoms. The van der Waals surface area contributed by atoms with Crippen LogP contribution in [0.3, 0.4) is 0 Å². The summed E-state index contributed by atoms with van der Waals surface area (Å²) in [6, 6.07) is 0. The molecule has 268 valence electrons. The second kappa shape index (κ2) is 10.7. The van der Waals surface area contributed by atoms with Gasteiger partial charge >= 0.3 is 0 Å². The molecule has 6 N–H and O–H groups in total. The van der Waals surface area contributed by atoms with E-state index in [9.17, 15) is 5.11 Å². The Morgan fingerprint density at radius 1 is 0.729 bits per heavy atom. The van der Waals surface area contributed by atoms with Crippen LogP contribution in [0.2, 0.25) is 0 Å². The van der Waals surface area contributed by atoms with Crippen molar-refractivity contribution in [2.24, 2.45) is 106 Å². The van der Waals surface area contributed by atoms with Crippen molar-refractivity contribution in [1.29, 1.82) is 0 Å². The van der Waals surface area contributed by atoms with Crippen LogP contribution in [0.1, 0.15) is 135 Å². The number of ether oxygens (including phenoxy) is 1. The third-order valence-corrected chi connectivity index (χ3v) is 20.1. The summed E-state index contributed by atoms with van der Waals surface area (Å²) in [5, 5.41) is 14.9. The van der Waals surface area contributed by atoms with Gasteiger partial charge in [-0.15, -0.1) is 0 Å². The Balaban J connectivity index is 1.11. The van der Waals surface area contributed by atoms with Gasteiger partial charge < -0.3 is 26.6 Å². The van der Waals surface area contributed by atoms with E-state index in [-0.39, 0.29) is 35.4 Å². The van der Waals surface area contributed by atoms with Crippen molar-refractivity contribution in [2.75, 3.05) is 13.2 Å². The molecule has 9 saturated carbocycles. The Hall–Kier alpha value is -0.200. The highest BCUT2D eigenvalue weighted by atomic mass is 16.5. The third-order valence-electron chi connectivity index (χ3n) is 20.1. The van der Waals surface area contributed by atoms with Gasteiger partial charge in [0, 0.05) is 24.0 Å². The lowest BCUT2D eigenvalue weighted by Gasteiger charge is -2.81. The number of aliphatic hydroxyl groups excluding tert-OH is 1. The SMILES string of the molecule is C[C@@]1(C2CCCC2)O[C@@]23C[C@@]4(N)[C@@H](CO)CC[C@H]([C@@H]2C2CCC5CCCC6C5C2[C@@H]2[C@@H](CC5(CCCC5)C[C@H]23)[C@@H]6C2CCC(N)NC2)[C@@H]41. The van der Waals surface area contributed by atoms with E-state index in [1.165, 1.54) is 109 Å². The third kappa shape index (κ3) is 3.89. The van der Waals surface area contributed by atoms with Gasteiger partial charge in [-0.3, -0.25) is 0 Å². The minimum atomic E-state index is -0.269. The summed E-state index contributed by atoms with van der Waals surface area (Å²) in [5.74, 6) is 11.5. The van der Waals surface area contributed by atoms with Gasteiger partial charge in [0.25, 0.3) is 0 Å². The zero-order valence-corrected chi connectivity index (χ0v) is 30.3. The standard InChI is InChI=1S/C43H69N3O2/c1-40(26-8-2-3-9-26)39-30-15-13-27(22-47)42(39,45)23-43(48-40)32-20-41(17-4-5-18-41)19-31-34(25-12-16-33(44)46-21-25)28-10-6-7-24-11-14-29(38(30)43)37(35(24)28)36(31)32/h24-39,46-47H,2-23,44-45H2,1H3/t24?,25?,27-,28?,29?,30-,31+,32-,33?,34-,35?,36-,37?,38+,39-,40+,42-,43-/m1/s1. The van der Waals surface area contributed by atoms with Gasteiger partial charge in [0.05, 0.1) is 17.4 Å². The molecule has 12 rings (SSSR count). The number of hydrogen-bond donors (Lipinski definition) is 4. The lowest BCUT2D eigenvalue weighted by molar-refractivity contribution is -0.407. The van der Waals surface area contributed by atoms with E-state index in [4.69, 9.17) is 16.2 Å². The molecule has 5 heteroatoms. The van der Waals surface area contributed by atoms with Gasteiger partial charge in [0.2, 0.25) is 0 Å². The van der Waals surface area contributed by atoms with Gasteiger partial charge in [0.1, 0.15) is 0 Å². The largest absolute Gasteiger partial charge is 0.396 e. The second-order valence-electron chi connectivity index (χ2n) is 21.3. The summed E-state index contributed by atoms with van der Waals surface area (Å²) in [6.45, 7) is 4.04. The van der Waals surface area contributed by atoms with Crippen LogP contribution in [-0.4, -0.2) is 41.2 Å². The van der Waals surface area contributed by atoms with Crippen molar-refractivity contribution >= 4 is 0 Å². The van der Waals surface area contributed by atoms with Gasteiger partial charge in [-0.1, -0.05) is 38.5 Å². The summed E-state index contributed by atoms with van der Waals surface area (Å²) in [5.41, 5.74) is 14.6. The Labute approximate surface area is 291 Å². The highest BCUT2D eigenvalue weighted by Crippen LogP contribution is 2.80. The molecule has 0 aromatic carbocycles. The molecule has 3 heterocycles. The van der Waals surface area contributed by atoms with Crippen molar-refractivity contribution in [3.63, 3.8) is 0 Å². The summed E-state index contributed by atoms with van der Waals surface area (Å²) in [7, 11) is 0. The van der Waals surface area contributed by atoms with E-state index < -0.39 is 0 Å². The molecular formula is C43H69N3O2. The number of hydrogen-bond acceptors (Lipinski definition) is 5. The predicted molar refractivity (Wildman–Crippen MR) is 189 cm³/mol.